The number of esters is 1. The van der Waals surface area contributed by atoms with E-state index >= 15 is 0 Å². The van der Waals surface area contributed by atoms with Crippen LogP contribution in [0.3, 0.4) is 0 Å². The van der Waals surface area contributed by atoms with Crippen molar-refractivity contribution in [2.24, 2.45) is 0 Å². The Labute approximate surface area is 109 Å². The second-order valence-corrected chi connectivity index (χ2v) is 5.26. The minimum atomic E-state index is -0.448. The van der Waals surface area contributed by atoms with Crippen molar-refractivity contribution < 1.29 is 14.3 Å². The summed E-state index contributed by atoms with van der Waals surface area (Å²) in [7, 11) is 0. The molecule has 0 aromatic heterocycles. The van der Waals surface area contributed by atoms with E-state index in [1.165, 1.54) is 0 Å². The van der Waals surface area contributed by atoms with Crippen LogP contribution < -0.4 is 4.74 Å². The fraction of sp³-hybridized carbons (Fsp3) is 0.533. The van der Waals surface area contributed by atoms with Crippen LogP contribution in [-0.2, 0) is 9.53 Å². The highest BCUT2D eigenvalue weighted by Gasteiger charge is 2.22. The molecule has 0 amide bonds. The highest BCUT2D eigenvalue weighted by molar-refractivity contribution is 5.78. The summed E-state index contributed by atoms with van der Waals surface area (Å²) in [4.78, 5) is 11.9. The first kappa shape index (κ1) is 14.6. The Hall–Kier alpha value is -1.51. The third-order valence-corrected chi connectivity index (χ3v) is 2.45. The Morgan fingerprint density at radius 3 is 2.22 bits per heavy atom. The van der Waals surface area contributed by atoms with Crippen molar-refractivity contribution in [1.82, 2.24) is 0 Å². The number of ether oxygens (including phenoxy) is 2. The molecule has 3 heteroatoms. The predicted octanol–water partition coefficient (Wildman–Crippen LogP) is 3.53. The third-order valence-electron chi connectivity index (χ3n) is 2.45. The van der Waals surface area contributed by atoms with Crippen LogP contribution in [-0.4, -0.2) is 18.2 Å². The molecule has 1 atom stereocenters. The lowest BCUT2D eigenvalue weighted by molar-refractivity contribution is -0.156. The van der Waals surface area contributed by atoms with Gasteiger partial charge in [0.15, 0.2) is 0 Å². The van der Waals surface area contributed by atoms with E-state index in [0.717, 1.165) is 11.3 Å². The van der Waals surface area contributed by atoms with Crippen molar-refractivity contribution in [2.45, 2.75) is 46.1 Å². The van der Waals surface area contributed by atoms with Gasteiger partial charge in [-0.2, -0.15) is 0 Å². The first-order valence-electron chi connectivity index (χ1n) is 6.29. The summed E-state index contributed by atoms with van der Waals surface area (Å²) in [6, 6.07) is 7.55. The van der Waals surface area contributed by atoms with Gasteiger partial charge in [0.1, 0.15) is 11.4 Å². The molecule has 100 valence electrons. The number of hydrogen-bond acceptors (Lipinski definition) is 3. The summed E-state index contributed by atoms with van der Waals surface area (Å²) in [6.45, 7) is 10.0. The van der Waals surface area contributed by atoms with E-state index in [4.69, 9.17) is 9.47 Å². The van der Waals surface area contributed by atoms with Gasteiger partial charge in [0.05, 0.1) is 12.5 Å². The zero-order chi connectivity index (χ0) is 13.8. The summed E-state index contributed by atoms with van der Waals surface area (Å²) < 4.78 is 10.7. The topological polar surface area (TPSA) is 35.5 Å². The van der Waals surface area contributed by atoms with E-state index in [0.29, 0.717) is 6.61 Å². The van der Waals surface area contributed by atoms with E-state index < -0.39 is 5.60 Å². The second kappa shape index (κ2) is 5.89. The minimum Gasteiger partial charge on any atom is -0.494 e. The van der Waals surface area contributed by atoms with Crippen molar-refractivity contribution >= 4 is 5.97 Å². The molecular formula is C15H22O3. The van der Waals surface area contributed by atoms with Gasteiger partial charge in [0.2, 0.25) is 0 Å². The molecule has 0 bridgehead atoms. The lowest BCUT2D eigenvalue weighted by atomic mass is 10.0. The first-order valence-corrected chi connectivity index (χ1v) is 6.29. The van der Waals surface area contributed by atoms with Crippen LogP contribution in [0.5, 0.6) is 5.75 Å². The third kappa shape index (κ3) is 4.40. The molecule has 1 aromatic rings. The van der Waals surface area contributed by atoms with Gasteiger partial charge in [-0.1, -0.05) is 12.1 Å². The Morgan fingerprint density at radius 2 is 1.78 bits per heavy atom. The maximum atomic E-state index is 11.9. The molecule has 0 spiro atoms. The quantitative estimate of drug-likeness (QED) is 0.767. The molecule has 0 heterocycles. The molecule has 0 radical (unpaired) electrons. The number of carbonyl (C=O) groups excluding carboxylic acids is 1. The average molecular weight is 250 g/mol. The lowest BCUT2D eigenvalue weighted by Crippen LogP contribution is -2.26. The van der Waals surface area contributed by atoms with Gasteiger partial charge < -0.3 is 9.47 Å². The Bertz CT molecular complexity index is 387. The van der Waals surface area contributed by atoms with Gasteiger partial charge in [-0.05, 0) is 52.3 Å². The first-order chi connectivity index (χ1) is 8.33. The maximum Gasteiger partial charge on any atom is 0.313 e. The van der Waals surface area contributed by atoms with Gasteiger partial charge in [-0.3, -0.25) is 4.79 Å². The lowest BCUT2D eigenvalue weighted by Gasteiger charge is -2.22. The van der Waals surface area contributed by atoms with Crippen molar-refractivity contribution in [3.63, 3.8) is 0 Å². The van der Waals surface area contributed by atoms with E-state index in [1.807, 2.05) is 58.9 Å². The molecule has 1 unspecified atom stereocenters. The van der Waals surface area contributed by atoms with E-state index in [1.54, 1.807) is 0 Å². The fourth-order valence-electron chi connectivity index (χ4n) is 1.55. The average Bonchev–Trinajstić information content (AvgIpc) is 2.27. The predicted molar refractivity (Wildman–Crippen MR) is 71.9 cm³/mol. The van der Waals surface area contributed by atoms with Crippen LogP contribution in [0.4, 0.5) is 0 Å². The molecule has 0 aliphatic carbocycles. The number of hydrogen-bond donors (Lipinski definition) is 0. The molecule has 0 aliphatic heterocycles. The zero-order valence-electron chi connectivity index (χ0n) is 11.8. The van der Waals surface area contributed by atoms with Crippen LogP contribution in [0, 0.1) is 0 Å². The van der Waals surface area contributed by atoms with Crippen LogP contribution in [0.25, 0.3) is 0 Å². The van der Waals surface area contributed by atoms with E-state index in [-0.39, 0.29) is 11.9 Å². The molecule has 0 N–H and O–H groups in total. The Kier molecular flexibility index (Phi) is 4.76. The smallest absolute Gasteiger partial charge is 0.313 e. The monoisotopic (exact) mass is 250 g/mol. The Morgan fingerprint density at radius 1 is 1.22 bits per heavy atom. The van der Waals surface area contributed by atoms with Gasteiger partial charge in [-0.25, -0.2) is 0 Å². The molecule has 1 rings (SSSR count). The Balaban J connectivity index is 2.71. The summed E-state index contributed by atoms with van der Waals surface area (Å²) in [5.74, 6) is 0.351. The van der Waals surface area contributed by atoms with Gasteiger partial charge in [0, 0.05) is 0 Å². The minimum absolute atomic E-state index is 0.202. The molecule has 0 saturated heterocycles. The molecular weight excluding hydrogens is 228 g/mol. The highest BCUT2D eigenvalue weighted by atomic mass is 16.6. The fourth-order valence-corrected chi connectivity index (χ4v) is 1.55. The van der Waals surface area contributed by atoms with Crippen LogP contribution in [0.15, 0.2) is 24.3 Å². The molecule has 18 heavy (non-hydrogen) atoms. The molecule has 0 saturated carbocycles. The van der Waals surface area contributed by atoms with Crippen molar-refractivity contribution in [3.05, 3.63) is 29.8 Å². The van der Waals surface area contributed by atoms with Crippen LogP contribution in [0.2, 0.25) is 0 Å². The maximum absolute atomic E-state index is 11.9. The SMILES string of the molecule is CCOc1ccc(C(C)C(=O)OC(C)(C)C)cc1. The normalized spacial score (nSPS) is 12.9. The number of rotatable bonds is 4. The zero-order valence-corrected chi connectivity index (χ0v) is 11.8. The van der Waals surface area contributed by atoms with Crippen LogP contribution >= 0.6 is 0 Å². The van der Waals surface area contributed by atoms with E-state index in [9.17, 15) is 4.79 Å². The standard InChI is InChI=1S/C15H22O3/c1-6-17-13-9-7-12(8-10-13)11(2)14(16)18-15(3,4)5/h7-11H,6H2,1-5H3. The summed E-state index contributed by atoms with van der Waals surface area (Å²) in [5, 5.41) is 0. The van der Waals surface area contributed by atoms with Gasteiger partial charge in [0.25, 0.3) is 0 Å². The second-order valence-electron chi connectivity index (χ2n) is 5.26. The molecule has 1 aromatic carbocycles. The summed E-state index contributed by atoms with van der Waals surface area (Å²) in [5.41, 5.74) is 0.490. The number of carbonyl (C=O) groups is 1. The molecule has 0 aliphatic rings. The van der Waals surface area contributed by atoms with Crippen molar-refractivity contribution in [3.8, 4) is 5.75 Å². The summed E-state index contributed by atoms with van der Waals surface area (Å²) >= 11 is 0. The van der Waals surface area contributed by atoms with Gasteiger partial charge in [-0.15, -0.1) is 0 Å². The highest BCUT2D eigenvalue weighted by Crippen LogP contribution is 2.22. The van der Waals surface area contributed by atoms with Crippen LogP contribution in [0.1, 0.15) is 46.1 Å². The number of benzene rings is 1. The summed E-state index contributed by atoms with van der Waals surface area (Å²) in [6.07, 6.45) is 0. The molecule has 3 nitrogen and oxygen atoms in total. The van der Waals surface area contributed by atoms with E-state index in [2.05, 4.69) is 0 Å². The largest absolute Gasteiger partial charge is 0.494 e. The van der Waals surface area contributed by atoms with Crippen molar-refractivity contribution in [1.29, 1.82) is 0 Å². The van der Waals surface area contributed by atoms with Crippen molar-refractivity contribution in [2.75, 3.05) is 6.61 Å². The molecule has 0 fully saturated rings. The van der Waals surface area contributed by atoms with Gasteiger partial charge >= 0.3 is 5.97 Å².